The highest BCUT2D eigenvalue weighted by Gasteiger charge is 2.31. The lowest BCUT2D eigenvalue weighted by molar-refractivity contribution is 0.132. The van der Waals surface area contributed by atoms with Crippen LogP contribution in [0.5, 0.6) is 0 Å². The molecule has 1 heterocycles. The molecule has 1 aliphatic carbocycles. The molecule has 1 aliphatic heterocycles. The number of rotatable bonds is 6. The van der Waals surface area contributed by atoms with Crippen molar-refractivity contribution in [3.63, 3.8) is 0 Å². The topological polar surface area (TPSA) is 50.4 Å². The van der Waals surface area contributed by atoms with Gasteiger partial charge in [-0.05, 0) is 72.2 Å². The summed E-state index contributed by atoms with van der Waals surface area (Å²) in [5.41, 5.74) is 4.53. The molecule has 4 nitrogen and oxygen atoms in total. The van der Waals surface area contributed by atoms with Gasteiger partial charge in [-0.1, -0.05) is 48.5 Å². The van der Waals surface area contributed by atoms with Gasteiger partial charge in [0, 0.05) is 18.0 Å². The number of ether oxygens (including phenoxy) is 1. The Hall–Kier alpha value is -3.32. The average molecular weight is 481 g/mol. The molecule has 5 rings (SSSR count). The Kier molecular flexibility index (Phi) is 6.77. The number of piperidine rings is 1. The number of carbonyl (C=O) groups is 1. The first-order chi connectivity index (χ1) is 17.0. The maximum absolute atomic E-state index is 14.4. The van der Waals surface area contributed by atoms with Crippen LogP contribution in [-0.2, 0) is 11.2 Å². The van der Waals surface area contributed by atoms with Crippen LogP contribution in [0.15, 0.2) is 60.7 Å². The maximum atomic E-state index is 14.4. The summed E-state index contributed by atoms with van der Waals surface area (Å²) < 4.78 is 47.2. The third-order valence-corrected chi connectivity index (χ3v) is 7.13. The zero-order chi connectivity index (χ0) is 24.4. The molecule has 3 aromatic rings. The molecule has 3 aromatic carbocycles. The summed E-state index contributed by atoms with van der Waals surface area (Å²) in [6.45, 7) is 1.71. The number of alkyl carbamates (subject to hydrolysis) is 1. The number of nitrogens with one attached hydrogen (secondary N) is 2. The molecular formula is C28H27F3N2O2. The van der Waals surface area contributed by atoms with Crippen molar-refractivity contribution in [1.82, 2.24) is 10.6 Å². The van der Waals surface area contributed by atoms with Gasteiger partial charge in [0.05, 0.1) is 0 Å². The number of halogens is 3. The van der Waals surface area contributed by atoms with Crippen molar-refractivity contribution in [2.24, 2.45) is 5.92 Å². The highest BCUT2D eigenvalue weighted by Crippen LogP contribution is 2.44. The monoisotopic (exact) mass is 480 g/mol. The number of hydrogen-bond acceptors (Lipinski definition) is 3. The molecule has 0 radical (unpaired) electrons. The second-order valence-electron chi connectivity index (χ2n) is 9.23. The zero-order valence-corrected chi connectivity index (χ0v) is 19.2. The molecule has 1 fully saturated rings. The van der Waals surface area contributed by atoms with Gasteiger partial charge >= 0.3 is 6.09 Å². The van der Waals surface area contributed by atoms with Gasteiger partial charge in [0.2, 0.25) is 0 Å². The fraction of sp³-hybridized carbons (Fsp3) is 0.321. The summed E-state index contributed by atoms with van der Waals surface area (Å²) in [5.74, 6) is -3.17. The predicted molar refractivity (Wildman–Crippen MR) is 128 cm³/mol. The van der Waals surface area contributed by atoms with E-state index in [0.29, 0.717) is 6.07 Å². The smallest absolute Gasteiger partial charge is 0.407 e. The van der Waals surface area contributed by atoms with E-state index in [1.807, 2.05) is 36.4 Å². The molecule has 1 amide bonds. The molecule has 0 aromatic heterocycles. The highest BCUT2D eigenvalue weighted by molar-refractivity contribution is 5.79. The Morgan fingerprint density at radius 1 is 0.914 bits per heavy atom. The molecule has 2 aliphatic rings. The van der Waals surface area contributed by atoms with Crippen molar-refractivity contribution < 1.29 is 22.7 Å². The standard InChI is InChI=1S/C28H27F3N2O2/c29-24-15-26(31)25(30)13-18(24)14-27(17-9-11-32-12-10-17)33-28(34)35-16-23-21-7-3-1-5-19(21)20-6-2-4-8-22(20)23/h1-8,13,15,17,23,27,32H,9-12,14,16H2,(H,33,34). The van der Waals surface area contributed by atoms with Gasteiger partial charge in [0.1, 0.15) is 12.4 Å². The van der Waals surface area contributed by atoms with Crippen molar-refractivity contribution in [3.05, 3.63) is 94.8 Å². The van der Waals surface area contributed by atoms with E-state index in [-0.39, 0.29) is 30.4 Å². The zero-order valence-electron chi connectivity index (χ0n) is 19.2. The van der Waals surface area contributed by atoms with Crippen molar-refractivity contribution in [1.29, 1.82) is 0 Å². The second kappa shape index (κ2) is 10.1. The average Bonchev–Trinajstić information content (AvgIpc) is 3.20. The first kappa shape index (κ1) is 23.4. The van der Waals surface area contributed by atoms with Gasteiger partial charge in [0.25, 0.3) is 0 Å². The van der Waals surface area contributed by atoms with E-state index in [9.17, 15) is 18.0 Å². The van der Waals surface area contributed by atoms with E-state index in [4.69, 9.17) is 4.74 Å². The summed E-state index contributed by atoms with van der Waals surface area (Å²) in [5, 5.41) is 6.16. The lowest BCUT2D eigenvalue weighted by Gasteiger charge is -2.31. The van der Waals surface area contributed by atoms with E-state index in [1.165, 1.54) is 0 Å². The lowest BCUT2D eigenvalue weighted by Crippen LogP contribution is -2.46. The molecule has 35 heavy (non-hydrogen) atoms. The summed E-state index contributed by atoms with van der Waals surface area (Å²) in [6.07, 6.45) is 1.01. The quantitative estimate of drug-likeness (QED) is 0.455. The van der Waals surface area contributed by atoms with Gasteiger partial charge in [-0.2, -0.15) is 0 Å². The molecular weight excluding hydrogens is 453 g/mol. The fourth-order valence-corrected chi connectivity index (χ4v) is 5.33. The minimum atomic E-state index is -1.23. The number of hydrogen-bond donors (Lipinski definition) is 2. The summed E-state index contributed by atoms with van der Waals surface area (Å²) >= 11 is 0. The highest BCUT2D eigenvalue weighted by atomic mass is 19.2. The number of amides is 1. The van der Waals surface area contributed by atoms with Crippen LogP contribution >= 0.6 is 0 Å². The van der Waals surface area contributed by atoms with Gasteiger partial charge < -0.3 is 15.4 Å². The van der Waals surface area contributed by atoms with Crippen LogP contribution in [0.25, 0.3) is 11.1 Å². The Morgan fingerprint density at radius 2 is 1.51 bits per heavy atom. The van der Waals surface area contributed by atoms with Crippen LogP contribution in [-0.4, -0.2) is 31.8 Å². The van der Waals surface area contributed by atoms with Crippen molar-refractivity contribution >= 4 is 6.09 Å². The first-order valence-corrected chi connectivity index (χ1v) is 12.0. The van der Waals surface area contributed by atoms with Gasteiger partial charge in [0.15, 0.2) is 11.6 Å². The van der Waals surface area contributed by atoms with Crippen LogP contribution in [0.1, 0.15) is 35.4 Å². The van der Waals surface area contributed by atoms with Gasteiger partial charge in [-0.3, -0.25) is 0 Å². The summed E-state index contributed by atoms with van der Waals surface area (Å²) in [7, 11) is 0. The fourth-order valence-electron chi connectivity index (χ4n) is 5.33. The van der Waals surface area contributed by atoms with Crippen LogP contribution < -0.4 is 10.6 Å². The number of carbonyl (C=O) groups excluding carboxylic acids is 1. The van der Waals surface area contributed by atoms with Gasteiger partial charge in [-0.25, -0.2) is 18.0 Å². The Bertz CT molecular complexity index is 1180. The predicted octanol–water partition coefficient (Wildman–Crippen LogP) is 5.55. The second-order valence-corrected chi connectivity index (χ2v) is 9.23. The van der Waals surface area contributed by atoms with Crippen LogP contribution in [0.3, 0.4) is 0 Å². The van der Waals surface area contributed by atoms with Crippen LogP contribution in [0.2, 0.25) is 0 Å². The largest absolute Gasteiger partial charge is 0.449 e. The normalized spacial score (nSPS) is 16.4. The third kappa shape index (κ3) is 4.91. The van der Waals surface area contributed by atoms with E-state index in [0.717, 1.165) is 54.3 Å². The Balaban J connectivity index is 1.30. The Labute approximate surface area is 202 Å². The van der Waals surface area contributed by atoms with E-state index >= 15 is 0 Å². The molecule has 1 saturated heterocycles. The van der Waals surface area contributed by atoms with Crippen molar-refractivity contribution in [3.8, 4) is 11.1 Å². The number of fused-ring (bicyclic) bond motifs is 3. The number of benzene rings is 3. The molecule has 1 unspecified atom stereocenters. The molecule has 2 N–H and O–H groups in total. The van der Waals surface area contributed by atoms with Crippen molar-refractivity contribution in [2.75, 3.05) is 19.7 Å². The molecule has 0 saturated carbocycles. The summed E-state index contributed by atoms with van der Waals surface area (Å²) in [6, 6.07) is 17.1. The summed E-state index contributed by atoms with van der Waals surface area (Å²) in [4.78, 5) is 12.9. The van der Waals surface area contributed by atoms with Crippen LogP contribution in [0, 0.1) is 23.4 Å². The maximum Gasteiger partial charge on any atom is 0.407 e. The molecule has 1 atom stereocenters. The molecule has 182 valence electrons. The Morgan fingerprint density at radius 3 is 2.17 bits per heavy atom. The molecule has 0 spiro atoms. The molecule has 7 heteroatoms. The minimum absolute atomic E-state index is 0.0337. The third-order valence-electron chi connectivity index (χ3n) is 7.13. The van der Waals surface area contributed by atoms with Crippen LogP contribution in [0.4, 0.5) is 18.0 Å². The van der Waals surface area contributed by atoms with Gasteiger partial charge in [-0.15, -0.1) is 0 Å². The van der Waals surface area contributed by atoms with E-state index in [2.05, 4.69) is 22.8 Å². The lowest BCUT2D eigenvalue weighted by atomic mass is 9.86. The first-order valence-electron chi connectivity index (χ1n) is 12.0. The van der Waals surface area contributed by atoms with Crippen molar-refractivity contribution in [2.45, 2.75) is 31.2 Å². The minimum Gasteiger partial charge on any atom is -0.449 e. The SMILES string of the molecule is O=C(NC(Cc1cc(F)c(F)cc1F)C1CCNCC1)OCC1c2ccccc2-c2ccccc21. The van der Waals surface area contributed by atoms with E-state index < -0.39 is 29.6 Å². The van der Waals surface area contributed by atoms with E-state index in [1.54, 1.807) is 0 Å². The molecule has 0 bridgehead atoms.